The molecule has 0 atom stereocenters. The Kier molecular flexibility index (Phi) is 11.1. The molecule has 0 aliphatic carbocycles. The highest BCUT2D eigenvalue weighted by atomic mass is 33.1. The van der Waals surface area contributed by atoms with Gasteiger partial charge in [0.2, 0.25) is 0 Å². The number of hydrogen-bond acceptors (Lipinski definition) is 3. The topological polar surface area (TPSA) is 19.8 Å². The molecule has 0 fully saturated rings. The van der Waals surface area contributed by atoms with E-state index in [9.17, 15) is 0 Å². The summed E-state index contributed by atoms with van der Waals surface area (Å²) < 4.78 is 4.09. The summed E-state index contributed by atoms with van der Waals surface area (Å²) in [6, 6.07) is 26.1. The number of hydrogen-bond donors (Lipinski definition) is 1. The molecule has 4 rings (SSSR count). The van der Waals surface area contributed by atoms with Crippen LogP contribution in [0.3, 0.4) is 0 Å². The second-order valence-electron chi connectivity index (χ2n) is 9.30. The Morgan fingerprint density at radius 1 is 0.579 bits per heavy atom. The maximum atomic E-state index is 3.53. The number of rotatable bonds is 13. The van der Waals surface area contributed by atoms with Crippen LogP contribution in [-0.2, 0) is 20.5 Å². The smallest absolute Gasteiger partial charge is 0.169 e. The lowest BCUT2D eigenvalue weighted by Gasteiger charge is -2.07. The van der Waals surface area contributed by atoms with E-state index in [1.54, 1.807) is 0 Å². The largest absolute Gasteiger partial charge is 0.384 e. The normalized spacial score (nSPS) is 11.4. The van der Waals surface area contributed by atoms with Crippen LogP contribution in [0.4, 0.5) is 5.69 Å². The van der Waals surface area contributed by atoms with Gasteiger partial charge in [-0.05, 0) is 52.8 Å². The van der Waals surface area contributed by atoms with Crippen molar-refractivity contribution >= 4 is 51.6 Å². The highest BCUT2D eigenvalue weighted by Crippen LogP contribution is 2.23. The van der Waals surface area contributed by atoms with Crippen LogP contribution in [0, 0.1) is 0 Å². The van der Waals surface area contributed by atoms with E-state index in [1.165, 1.54) is 45.7 Å². The summed E-state index contributed by atoms with van der Waals surface area (Å²) in [5, 5.41) is 3.53. The molecule has 0 amide bonds. The quantitative estimate of drug-likeness (QED) is 0.111. The second-order valence-corrected chi connectivity index (χ2v) is 12.0. The van der Waals surface area contributed by atoms with Gasteiger partial charge in [-0.2, -0.15) is 0 Å². The highest BCUT2D eigenvalue weighted by Gasteiger charge is 1.98. The van der Waals surface area contributed by atoms with E-state index < -0.39 is 0 Å². The van der Waals surface area contributed by atoms with Gasteiger partial charge >= 0.3 is 0 Å². The van der Waals surface area contributed by atoms with Gasteiger partial charge in [-0.25, -0.2) is 9.13 Å². The predicted molar refractivity (Wildman–Crippen MR) is 168 cm³/mol. The van der Waals surface area contributed by atoms with Crippen LogP contribution in [-0.4, -0.2) is 18.1 Å². The van der Waals surface area contributed by atoms with Crippen LogP contribution in [0.5, 0.6) is 0 Å². The fraction of sp³-hybridized carbons (Fsp3) is 0.212. The zero-order chi connectivity index (χ0) is 26.4. The molecule has 0 aliphatic rings. The Morgan fingerprint density at radius 3 is 1.55 bits per heavy atom. The molecule has 5 heteroatoms. The first-order chi connectivity index (χ1) is 18.6. The van der Waals surface area contributed by atoms with Gasteiger partial charge in [0, 0.05) is 48.0 Å². The lowest BCUT2D eigenvalue weighted by Crippen LogP contribution is -2.25. The van der Waals surface area contributed by atoms with E-state index in [4.69, 9.17) is 0 Å². The molecule has 0 saturated heterocycles. The van der Waals surface area contributed by atoms with Crippen LogP contribution >= 0.6 is 21.6 Å². The third kappa shape index (κ3) is 9.88. The third-order valence-corrected chi connectivity index (χ3v) is 8.62. The molecule has 3 nitrogen and oxygen atoms in total. The lowest BCUT2D eigenvalue weighted by atomic mass is 10.1. The number of nitrogens with zero attached hydrogens (tertiary/aromatic N) is 2. The molecule has 1 N–H and O–H groups in total. The summed E-state index contributed by atoms with van der Waals surface area (Å²) in [5.41, 5.74) is 7.47. The zero-order valence-corrected chi connectivity index (χ0v) is 23.9. The van der Waals surface area contributed by atoms with Crippen molar-refractivity contribution in [2.45, 2.75) is 12.8 Å². The van der Waals surface area contributed by atoms with Gasteiger partial charge in [-0.15, -0.1) is 0 Å². The summed E-state index contributed by atoms with van der Waals surface area (Å²) >= 11 is 0. The average molecular weight is 540 g/mol. The second kappa shape index (κ2) is 15.2. The molecule has 38 heavy (non-hydrogen) atoms. The molecular formula is C33H37N3S2+2. The van der Waals surface area contributed by atoms with Crippen LogP contribution in [0.2, 0.25) is 0 Å². The lowest BCUT2D eigenvalue weighted by molar-refractivity contribution is -0.671. The first-order valence-corrected chi connectivity index (χ1v) is 15.6. The Morgan fingerprint density at radius 2 is 1.03 bits per heavy atom. The van der Waals surface area contributed by atoms with Gasteiger partial charge in [-0.3, -0.25) is 0 Å². The van der Waals surface area contributed by atoms with Crippen molar-refractivity contribution in [2.24, 2.45) is 14.1 Å². The minimum Gasteiger partial charge on any atom is -0.384 e. The molecule has 0 unspecified atom stereocenters. The molecule has 0 spiro atoms. The minimum atomic E-state index is 0.976. The van der Waals surface area contributed by atoms with Crippen molar-refractivity contribution < 1.29 is 9.13 Å². The maximum absolute atomic E-state index is 3.53. The van der Waals surface area contributed by atoms with Crippen LogP contribution in [0.1, 0.15) is 34.2 Å². The maximum Gasteiger partial charge on any atom is 0.169 e. The Hall–Kier alpha value is -3.28. The van der Waals surface area contributed by atoms with Crippen molar-refractivity contribution in [3.63, 3.8) is 0 Å². The SMILES string of the molecule is C[n+]1ccc(/C=C/c2ccc(CCCSSCCNc3ccc(/C=C/c4cc[n+](C)cc4)cc3)cc2)cc1. The van der Waals surface area contributed by atoms with Crippen LogP contribution in [0.15, 0.2) is 97.6 Å². The summed E-state index contributed by atoms with van der Waals surface area (Å²) in [6.07, 6.45) is 19.3. The van der Waals surface area contributed by atoms with Crippen molar-refractivity contribution in [1.82, 2.24) is 0 Å². The van der Waals surface area contributed by atoms with Crippen LogP contribution in [0.25, 0.3) is 24.3 Å². The molecule has 2 heterocycles. The summed E-state index contributed by atoms with van der Waals surface area (Å²) in [5.74, 6) is 2.27. The summed E-state index contributed by atoms with van der Waals surface area (Å²) in [6.45, 7) is 0.976. The predicted octanol–water partition coefficient (Wildman–Crippen LogP) is 7.10. The van der Waals surface area contributed by atoms with Gasteiger partial charge in [0.1, 0.15) is 14.1 Å². The molecule has 2 aromatic heterocycles. The first kappa shape index (κ1) is 27.7. The van der Waals surface area contributed by atoms with E-state index in [1.807, 2.05) is 44.8 Å². The van der Waals surface area contributed by atoms with Gasteiger partial charge in [0.15, 0.2) is 24.8 Å². The molecule has 0 bridgehead atoms. The monoisotopic (exact) mass is 539 g/mol. The molecule has 194 valence electrons. The number of pyridine rings is 2. The summed E-state index contributed by atoms with van der Waals surface area (Å²) in [7, 11) is 8.00. The molecule has 0 radical (unpaired) electrons. The molecule has 0 aliphatic heterocycles. The molecule has 4 aromatic rings. The Labute approximate surface area is 235 Å². The average Bonchev–Trinajstić information content (AvgIpc) is 2.95. The number of aromatic nitrogens is 2. The van der Waals surface area contributed by atoms with Crippen molar-refractivity contribution in [1.29, 1.82) is 0 Å². The zero-order valence-electron chi connectivity index (χ0n) is 22.3. The van der Waals surface area contributed by atoms with Gasteiger partial charge in [0.25, 0.3) is 0 Å². The molecule has 0 saturated carbocycles. The third-order valence-electron chi connectivity index (χ3n) is 6.13. The van der Waals surface area contributed by atoms with Crippen molar-refractivity contribution in [3.05, 3.63) is 125 Å². The number of benzene rings is 2. The van der Waals surface area contributed by atoms with Crippen molar-refractivity contribution in [3.8, 4) is 0 Å². The van der Waals surface area contributed by atoms with E-state index in [2.05, 4.69) is 127 Å². The number of aryl methyl sites for hydroxylation is 3. The highest BCUT2D eigenvalue weighted by molar-refractivity contribution is 8.76. The van der Waals surface area contributed by atoms with E-state index in [0.29, 0.717) is 0 Å². The van der Waals surface area contributed by atoms with Gasteiger partial charge in [-0.1, -0.05) is 82.3 Å². The van der Waals surface area contributed by atoms with Gasteiger partial charge < -0.3 is 5.32 Å². The Balaban J connectivity index is 1.06. The molecule has 2 aromatic carbocycles. The van der Waals surface area contributed by atoms with Crippen LogP contribution < -0.4 is 14.5 Å². The number of nitrogens with one attached hydrogen (secondary N) is 1. The summed E-state index contributed by atoms with van der Waals surface area (Å²) in [4.78, 5) is 0. The molecular weight excluding hydrogens is 503 g/mol. The van der Waals surface area contributed by atoms with E-state index in [0.717, 1.165) is 18.7 Å². The van der Waals surface area contributed by atoms with E-state index in [-0.39, 0.29) is 0 Å². The first-order valence-electron chi connectivity index (χ1n) is 13.1. The minimum absolute atomic E-state index is 0.976. The van der Waals surface area contributed by atoms with Crippen molar-refractivity contribution in [2.75, 3.05) is 23.4 Å². The van der Waals surface area contributed by atoms with Gasteiger partial charge in [0.05, 0.1) is 0 Å². The Bertz CT molecular complexity index is 1190. The van der Waals surface area contributed by atoms with E-state index >= 15 is 0 Å². The number of anilines is 1. The fourth-order valence-electron chi connectivity index (χ4n) is 3.83. The fourth-order valence-corrected chi connectivity index (χ4v) is 5.82. The standard InChI is InChI=1S/C33H36N3S2/c1-35-22-17-31(18-23-35)11-9-29-7-5-28(6-8-29)4-3-26-37-38-27-21-34-33-15-13-30(14-16-33)10-12-32-19-24-36(2)25-20-32/h5-20,22-25H,3-4,21,26-27H2,1-2H3/q+1/p+1/b11-9+.